The minimum Gasteiger partial charge on any atom is -0.379 e. The van der Waals surface area contributed by atoms with Crippen molar-refractivity contribution in [3.05, 3.63) is 53.6 Å². The monoisotopic (exact) mass is 411 g/mol. The first kappa shape index (κ1) is 20.7. The second-order valence-corrected chi connectivity index (χ2v) is 9.22. The van der Waals surface area contributed by atoms with Gasteiger partial charge in [-0.15, -0.1) is 0 Å². The van der Waals surface area contributed by atoms with Gasteiger partial charge in [-0.2, -0.15) is 0 Å². The molecule has 0 spiro atoms. The summed E-state index contributed by atoms with van der Waals surface area (Å²) >= 11 is 1.86. The third kappa shape index (κ3) is 5.34. The molecule has 156 valence electrons. The van der Waals surface area contributed by atoms with Gasteiger partial charge in [-0.05, 0) is 62.7 Å². The fourth-order valence-electron chi connectivity index (χ4n) is 4.36. The molecule has 5 heteroatoms. The molecule has 0 radical (unpaired) electrons. The minimum atomic E-state index is 0.725. The highest BCUT2D eigenvalue weighted by molar-refractivity contribution is 7.99. The van der Waals surface area contributed by atoms with E-state index in [1.165, 1.54) is 39.4 Å². The lowest BCUT2D eigenvalue weighted by atomic mass is 10.0. The second-order valence-electron chi connectivity index (χ2n) is 8.10. The van der Waals surface area contributed by atoms with Gasteiger partial charge in [0.2, 0.25) is 0 Å². The minimum absolute atomic E-state index is 0.725. The number of hydrogen-bond donors (Lipinski definition) is 1. The van der Waals surface area contributed by atoms with Crippen molar-refractivity contribution in [1.29, 1.82) is 0 Å². The van der Waals surface area contributed by atoms with Crippen LogP contribution in [0.15, 0.2) is 52.3 Å². The lowest BCUT2D eigenvalue weighted by molar-refractivity contribution is 0.0115. The number of morpholine rings is 1. The number of piperidine rings is 1. The quantitative estimate of drug-likeness (QED) is 0.770. The largest absolute Gasteiger partial charge is 0.379 e. The smallest absolute Gasteiger partial charge is 0.0594 e. The third-order valence-corrected chi connectivity index (χ3v) is 7.18. The zero-order valence-corrected chi connectivity index (χ0v) is 18.5. The standard InChI is InChI=1S/C24H33N3OS/c1-19-3-6-23(7-4-19)29-24-8-5-22(17-20(24)18-25-2)26-11-9-21(10-12-26)27-13-15-28-16-14-27/h3-8,17,21,25H,9-16,18H2,1-2H3. The number of benzene rings is 2. The molecule has 0 atom stereocenters. The summed E-state index contributed by atoms with van der Waals surface area (Å²) in [5.74, 6) is 0. The molecule has 2 aromatic carbocycles. The molecular weight excluding hydrogens is 378 g/mol. The van der Waals surface area contributed by atoms with E-state index in [0.29, 0.717) is 0 Å². The van der Waals surface area contributed by atoms with Crippen molar-refractivity contribution in [1.82, 2.24) is 10.2 Å². The summed E-state index contributed by atoms with van der Waals surface area (Å²) in [5, 5.41) is 3.35. The van der Waals surface area contributed by atoms with Gasteiger partial charge in [0.15, 0.2) is 0 Å². The van der Waals surface area contributed by atoms with E-state index in [2.05, 4.69) is 64.5 Å². The maximum absolute atomic E-state index is 5.52. The Morgan fingerprint density at radius 2 is 1.72 bits per heavy atom. The van der Waals surface area contributed by atoms with E-state index >= 15 is 0 Å². The van der Waals surface area contributed by atoms with Crippen molar-refractivity contribution in [2.75, 3.05) is 51.3 Å². The summed E-state index contributed by atoms with van der Waals surface area (Å²) in [4.78, 5) is 7.84. The van der Waals surface area contributed by atoms with Crippen molar-refractivity contribution in [3.63, 3.8) is 0 Å². The van der Waals surface area contributed by atoms with Crippen LogP contribution in [-0.2, 0) is 11.3 Å². The summed E-state index contributed by atoms with van der Waals surface area (Å²) in [6.45, 7) is 9.31. The molecule has 4 rings (SSSR count). The number of nitrogens with zero attached hydrogens (tertiary/aromatic N) is 2. The third-order valence-electron chi connectivity index (χ3n) is 6.05. The van der Waals surface area contributed by atoms with Gasteiger partial charge in [-0.1, -0.05) is 29.5 Å². The van der Waals surface area contributed by atoms with E-state index in [1.807, 2.05) is 18.8 Å². The Hall–Kier alpha value is -1.53. The maximum atomic E-state index is 5.52. The van der Waals surface area contributed by atoms with E-state index in [1.54, 1.807) is 0 Å². The first-order valence-corrected chi connectivity index (χ1v) is 11.6. The average Bonchev–Trinajstić information content (AvgIpc) is 2.77. The van der Waals surface area contributed by atoms with Gasteiger partial charge in [0.1, 0.15) is 0 Å². The van der Waals surface area contributed by atoms with E-state index in [9.17, 15) is 0 Å². The molecule has 2 aliphatic rings. The molecule has 0 aromatic heterocycles. The molecule has 0 aliphatic carbocycles. The zero-order chi connectivity index (χ0) is 20.1. The number of aryl methyl sites for hydroxylation is 1. The molecular formula is C24H33N3OS. The zero-order valence-electron chi connectivity index (χ0n) is 17.7. The van der Waals surface area contributed by atoms with Gasteiger partial charge in [-0.3, -0.25) is 4.90 Å². The van der Waals surface area contributed by atoms with E-state index in [4.69, 9.17) is 4.74 Å². The SMILES string of the molecule is CNCc1cc(N2CCC(N3CCOCC3)CC2)ccc1Sc1ccc(C)cc1. The summed E-state index contributed by atoms with van der Waals surface area (Å²) < 4.78 is 5.52. The number of nitrogens with one attached hydrogen (secondary N) is 1. The van der Waals surface area contributed by atoms with Crippen LogP contribution in [0.5, 0.6) is 0 Å². The molecule has 0 bridgehead atoms. The van der Waals surface area contributed by atoms with Crippen molar-refractivity contribution in [2.24, 2.45) is 0 Å². The first-order valence-electron chi connectivity index (χ1n) is 10.8. The highest BCUT2D eigenvalue weighted by atomic mass is 32.2. The van der Waals surface area contributed by atoms with Crippen LogP contribution < -0.4 is 10.2 Å². The number of ether oxygens (including phenoxy) is 1. The molecule has 2 fully saturated rings. The highest BCUT2D eigenvalue weighted by Crippen LogP contribution is 2.34. The van der Waals surface area contributed by atoms with Gasteiger partial charge in [-0.25, -0.2) is 0 Å². The van der Waals surface area contributed by atoms with Gasteiger partial charge in [0, 0.05) is 54.2 Å². The maximum Gasteiger partial charge on any atom is 0.0594 e. The normalized spacial score (nSPS) is 18.9. The lowest BCUT2D eigenvalue weighted by Crippen LogP contribution is -2.49. The van der Waals surface area contributed by atoms with Crippen LogP contribution in [0.2, 0.25) is 0 Å². The summed E-state index contributed by atoms with van der Waals surface area (Å²) in [6.07, 6.45) is 2.50. The van der Waals surface area contributed by atoms with Gasteiger partial charge in [0.05, 0.1) is 13.2 Å². The van der Waals surface area contributed by atoms with E-state index in [0.717, 1.165) is 52.0 Å². The van der Waals surface area contributed by atoms with Crippen LogP contribution >= 0.6 is 11.8 Å². The summed E-state index contributed by atoms with van der Waals surface area (Å²) in [5.41, 5.74) is 4.05. The van der Waals surface area contributed by atoms with Crippen LogP contribution in [0.25, 0.3) is 0 Å². The first-order chi connectivity index (χ1) is 14.2. The van der Waals surface area contributed by atoms with Crippen LogP contribution in [0.3, 0.4) is 0 Å². The van der Waals surface area contributed by atoms with Gasteiger partial charge >= 0.3 is 0 Å². The molecule has 0 saturated carbocycles. The van der Waals surface area contributed by atoms with Crippen LogP contribution in [0.4, 0.5) is 5.69 Å². The Labute approximate surface area is 179 Å². The topological polar surface area (TPSA) is 27.7 Å². The Morgan fingerprint density at radius 3 is 2.41 bits per heavy atom. The highest BCUT2D eigenvalue weighted by Gasteiger charge is 2.26. The van der Waals surface area contributed by atoms with E-state index in [-0.39, 0.29) is 0 Å². The van der Waals surface area contributed by atoms with Crippen molar-refractivity contribution in [2.45, 2.75) is 42.1 Å². The number of hydrogen-bond acceptors (Lipinski definition) is 5. The van der Waals surface area contributed by atoms with Crippen molar-refractivity contribution >= 4 is 17.4 Å². The van der Waals surface area contributed by atoms with Crippen molar-refractivity contribution in [3.8, 4) is 0 Å². The second kappa shape index (κ2) is 9.98. The average molecular weight is 412 g/mol. The van der Waals surface area contributed by atoms with Crippen LogP contribution in [0, 0.1) is 6.92 Å². The predicted octanol–water partition coefficient (Wildman–Crippen LogP) is 4.17. The van der Waals surface area contributed by atoms with Crippen molar-refractivity contribution < 1.29 is 4.74 Å². The predicted molar refractivity (Wildman–Crippen MR) is 122 cm³/mol. The Kier molecular flexibility index (Phi) is 7.14. The molecule has 2 aromatic rings. The molecule has 0 unspecified atom stereocenters. The number of rotatable bonds is 6. The molecule has 0 amide bonds. The molecule has 2 aliphatic heterocycles. The molecule has 1 N–H and O–H groups in total. The number of anilines is 1. The summed E-state index contributed by atoms with van der Waals surface area (Å²) in [7, 11) is 2.03. The fourth-order valence-corrected chi connectivity index (χ4v) is 5.28. The fraction of sp³-hybridized carbons (Fsp3) is 0.500. The molecule has 29 heavy (non-hydrogen) atoms. The van der Waals surface area contributed by atoms with Crippen LogP contribution in [0.1, 0.15) is 24.0 Å². The lowest BCUT2D eigenvalue weighted by Gasteiger charge is -2.41. The van der Waals surface area contributed by atoms with Crippen LogP contribution in [-0.4, -0.2) is 57.4 Å². The van der Waals surface area contributed by atoms with Gasteiger partial charge in [0.25, 0.3) is 0 Å². The molecule has 2 heterocycles. The Morgan fingerprint density at radius 1 is 1.00 bits per heavy atom. The molecule has 2 saturated heterocycles. The molecule has 4 nitrogen and oxygen atoms in total. The Balaban J connectivity index is 1.42. The van der Waals surface area contributed by atoms with E-state index < -0.39 is 0 Å². The van der Waals surface area contributed by atoms with Gasteiger partial charge < -0.3 is 15.0 Å². The summed E-state index contributed by atoms with van der Waals surface area (Å²) in [6, 6.07) is 16.5. The Bertz CT molecular complexity index is 781.